The summed E-state index contributed by atoms with van der Waals surface area (Å²) in [4.78, 5) is 13.4. The van der Waals surface area contributed by atoms with E-state index in [4.69, 9.17) is 14.3 Å². The van der Waals surface area contributed by atoms with Gasteiger partial charge >= 0.3 is 0 Å². The lowest BCUT2D eigenvalue weighted by Gasteiger charge is -2.43. The predicted molar refractivity (Wildman–Crippen MR) is 177 cm³/mol. The predicted octanol–water partition coefficient (Wildman–Crippen LogP) is 5.67. The van der Waals surface area contributed by atoms with Crippen molar-refractivity contribution < 1.29 is 14.3 Å². The van der Waals surface area contributed by atoms with Crippen LogP contribution in [0.25, 0.3) is 5.57 Å². The molecule has 1 aliphatic carbocycles. The summed E-state index contributed by atoms with van der Waals surface area (Å²) in [5.74, 6) is 1.78. The molecule has 0 bridgehead atoms. The zero-order valence-corrected chi connectivity index (χ0v) is 27.7. The number of allylic oxidation sites excluding steroid dienone is 3. The highest BCUT2D eigenvalue weighted by atomic mass is 16.5. The van der Waals surface area contributed by atoms with E-state index in [-0.39, 0.29) is 11.1 Å². The molecule has 5 rings (SSSR count). The van der Waals surface area contributed by atoms with Gasteiger partial charge in [-0.3, -0.25) is 9.80 Å². The maximum absolute atomic E-state index is 8.00. The van der Waals surface area contributed by atoms with Crippen LogP contribution in [0.4, 0.5) is 0 Å². The van der Waals surface area contributed by atoms with E-state index >= 15 is 0 Å². The molecule has 0 amide bonds. The van der Waals surface area contributed by atoms with E-state index in [0.29, 0.717) is 0 Å². The lowest BCUT2D eigenvalue weighted by molar-refractivity contribution is -0.0980. The quantitative estimate of drug-likeness (QED) is 0.366. The molecule has 0 atom stereocenters. The first kappa shape index (κ1) is 32.8. The fourth-order valence-electron chi connectivity index (χ4n) is 6.90. The number of nitrogens with zero attached hydrogens (tertiary/aromatic N) is 2. The molecule has 43 heavy (non-hydrogen) atoms. The number of piperazine rings is 1. The molecular weight excluding hydrogens is 536 g/mol. The SMILES string of the molecule is C=O.CN/C=C(\C(C)=C(C)C)c1cc(OC)c(CN2CCN(Cc3cccc4c3CCNC4(C)C)C3(CC3)C2)c(OC)c1. The Morgan fingerprint density at radius 1 is 1.05 bits per heavy atom. The normalized spacial score (nSPS) is 19.1. The van der Waals surface area contributed by atoms with Gasteiger partial charge in [-0.15, -0.1) is 0 Å². The van der Waals surface area contributed by atoms with Gasteiger partial charge in [0.05, 0.1) is 19.8 Å². The molecule has 2 aromatic carbocycles. The van der Waals surface area contributed by atoms with Crippen LogP contribution in [-0.4, -0.2) is 69.6 Å². The van der Waals surface area contributed by atoms with Crippen molar-refractivity contribution in [3.8, 4) is 11.5 Å². The van der Waals surface area contributed by atoms with Gasteiger partial charge < -0.3 is 24.9 Å². The van der Waals surface area contributed by atoms with E-state index in [9.17, 15) is 0 Å². The second-order valence-corrected chi connectivity index (χ2v) is 12.9. The molecule has 234 valence electrons. The molecule has 7 nitrogen and oxygen atoms in total. The Bertz CT molecular complexity index is 1330. The van der Waals surface area contributed by atoms with E-state index in [1.54, 1.807) is 19.8 Å². The van der Waals surface area contributed by atoms with Crippen LogP contribution in [0.2, 0.25) is 0 Å². The van der Waals surface area contributed by atoms with E-state index in [1.807, 2.05) is 13.8 Å². The van der Waals surface area contributed by atoms with E-state index in [0.717, 1.165) is 73.9 Å². The van der Waals surface area contributed by atoms with Crippen LogP contribution in [0.5, 0.6) is 11.5 Å². The number of carbonyl (C=O) groups excluding carboxylic acids is 1. The molecule has 1 saturated carbocycles. The maximum Gasteiger partial charge on any atom is 0.127 e. The number of ether oxygens (including phenoxy) is 2. The highest BCUT2D eigenvalue weighted by Crippen LogP contribution is 2.46. The summed E-state index contributed by atoms with van der Waals surface area (Å²) in [6.07, 6.45) is 5.74. The minimum Gasteiger partial charge on any atom is -0.496 e. The molecule has 2 aromatic rings. The zero-order valence-electron chi connectivity index (χ0n) is 27.7. The van der Waals surface area contributed by atoms with Crippen molar-refractivity contribution in [2.75, 3.05) is 47.4 Å². The Balaban J connectivity index is 0.00000207. The number of nitrogens with one attached hydrogen (secondary N) is 2. The zero-order chi connectivity index (χ0) is 31.4. The molecule has 1 saturated heterocycles. The van der Waals surface area contributed by atoms with Crippen LogP contribution in [0.1, 0.15) is 75.3 Å². The van der Waals surface area contributed by atoms with E-state index in [2.05, 4.69) is 91.6 Å². The van der Waals surface area contributed by atoms with Crippen molar-refractivity contribution in [2.45, 2.75) is 78.0 Å². The van der Waals surface area contributed by atoms with Gasteiger partial charge in [-0.25, -0.2) is 0 Å². The summed E-state index contributed by atoms with van der Waals surface area (Å²) in [7, 11) is 5.49. The summed E-state index contributed by atoms with van der Waals surface area (Å²) in [6, 6.07) is 11.3. The average molecular weight is 589 g/mol. The van der Waals surface area contributed by atoms with E-state index < -0.39 is 0 Å². The van der Waals surface area contributed by atoms with E-state index in [1.165, 1.54) is 35.1 Å². The summed E-state index contributed by atoms with van der Waals surface area (Å²) < 4.78 is 12.0. The third kappa shape index (κ3) is 6.84. The number of methoxy groups -OCH3 is 2. The maximum atomic E-state index is 8.00. The Labute approximate surface area is 259 Å². The molecule has 3 aliphatic rings. The molecule has 2 fully saturated rings. The van der Waals surface area contributed by atoms with Crippen molar-refractivity contribution in [1.29, 1.82) is 0 Å². The molecule has 2 aliphatic heterocycles. The fourth-order valence-corrected chi connectivity index (χ4v) is 6.90. The first-order valence-corrected chi connectivity index (χ1v) is 15.5. The van der Waals surface area contributed by atoms with Crippen molar-refractivity contribution in [3.63, 3.8) is 0 Å². The summed E-state index contributed by atoms with van der Waals surface area (Å²) in [5, 5.41) is 6.92. The van der Waals surface area contributed by atoms with Crippen molar-refractivity contribution in [3.05, 3.63) is 75.5 Å². The molecule has 2 N–H and O–H groups in total. The Morgan fingerprint density at radius 2 is 1.72 bits per heavy atom. The monoisotopic (exact) mass is 588 g/mol. The van der Waals surface area contributed by atoms with Gasteiger partial charge in [0.2, 0.25) is 0 Å². The number of hydrogen-bond donors (Lipinski definition) is 2. The third-order valence-electron chi connectivity index (χ3n) is 9.69. The Kier molecular flexibility index (Phi) is 10.4. The van der Waals surface area contributed by atoms with Crippen molar-refractivity contribution in [2.24, 2.45) is 0 Å². The molecule has 2 heterocycles. The largest absolute Gasteiger partial charge is 0.496 e. The molecule has 7 heteroatoms. The second-order valence-electron chi connectivity index (χ2n) is 12.9. The Morgan fingerprint density at radius 3 is 2.30 bits per heavy atom. The number of carbonyl (C=O) groups is 1. The van der Waals surface area contributed by atoms with Crippen molar-refractivity contribution in [1.82, 2.24) is 20.4 Å². The minimum atomic E-state index is 0.0428. The molecule has 1 spiro atoms. The Hall–Kier alpha value is -3.13. The number of fused-ring (bicyclic) bond motifs is 1. The van der Waals surface area contributed by atoms with Gasteiger partial charge in [0.1, 0.15) is 18.3 Å². The highest BCUT2D eigenvalue weighted by Gasteiger charge is 2.51. The number of rotatable bonds is 9. The number of benzene rings is 2. The van der Waals surface area contributed by atoms with Crippen LogP contribution in [0.15, 0.2) is 47.7 Å². The van der Waals surface area contributed by atoms with Gasteiger partial charge in [-0.2, -0.15) is 0 Å². The van der Waals surface area contributed by atoms with Crippen LogP contribution in [0.3, 0.4) is 0 Å². The summed E-state index contributed by atoms with van der Waals surface area (Å²) in [6.45, 7) is 19.2. The lowest BCUT2D eigenvalue weighted by atomic mass is 9.83. The lowest BCUT2D eigenvalue weighted by Crippen LogP contribution is -2.54. The van der Waals surface area contributed by atoms with Gasteiger partial charge in [-0.1, -0.05) is 23.8 Å². The average Bonchev–Trinajstić information content (AvgIpc) is 3.77. The van der Waals surface area contributed by atoms with Gasteiger partial charge in [-0.05, 0) is 93.8 Å². The van der Waals surface area contributed by atoms with Gasteiger partial charge in [0.15, 0.2) is 0 Å². The number of hydrogen-bond acceptors (Lipinski definition) is 7. The molecular formula is C36H52N4O3. The van der Waals surface area contributed by atoms with Crippen LogP contribution in [-0.2, 0) is 29.8 Å². The smallest absolute Gasteiger partial charge is 0.127 e. The summed E-state index contributed by atoms with van der Waals surface area (Å²) >= 11 is 0. The van der Waals surface area contributed by atoms with Crippen molar-refractivity contribution >= 4 is 12.4 Å². The molecule has 0 aromatic heterocycles. The van der Waals surface area contributed by atoms with Gasteiger partial charge in [0.25, 0.3) is 0 Å². The van der Waals surface area contributed by atoms with Crippen LogP contribution >= 0.6 is 0 Å². The standard InChI is InChI=1S/C35H50N4O2.CH2O/c1-24(2)25(3)29(20-36-6)27-18-32(40-7)30(33(19-27)41-8)22-38-16-17-39(35(23-38)13-14-35)21-26-10-9-11-31-28(26)12-15-37-34(31,4)5;1-2/h9-11,18-20,36-37H,12-17,21-23H2,1-8H3;1H2/b29-20+;. The third-order valence-corrected chi connectivity index (χ3v) is 9.69. The summed E-state index contributed by atoms with van der Waals surface area (Å²) in [5.41, 5.74) is 10.8. The molecule has 0 unspecified atom stereocenters. The van der Waals surface area contributed by atoms with Crippen LogP contribution < -0.4 is 20.1 Å². The minimum absolute atomic E-state index is 0.0428. The first-order valence-electron chi connectivity index (χ1n) is 15.5. The van der Waals surface area contributed by atoms with Gasteiger partial charge in [0, 0.05) is 69.2 Å². The van der Waals surface area contributed by atoms with Crippen LogP contribution in [0, 0.1) is 0 Å². The highest BCUT2D eigenvalue weighted by molar-refractivity contribution is 5.80. The molecule has 0 radical (unpaired) electrons. The first-order chi connectivity index (χ1) is 20.6. The fraction of sp³-hybridized carbons (Fsp3) is 0.528. The second kappa shape index (κ2) is 13.7. The topological polar surface area (TPSA) is 66.1 Å².